The molecular weight excluding hydrogens is 347 g/mol. The Labute approximate surface area is 156 Å². The van der Waals surface area contributed by atoms with Crippen LogP contribution in [0.1, 0.15) is 36.1 Å². The van der Waals surface area contributed by atoms with E-state index in [1.54, 1.807) is 36.2 Å². The van der Waals surface area contributed by atoms with E-state index in [-0.39, 0.29) is 5.82 Å². The van der Waals surface area contributed by atoms with Crippen LogP contribution in [0, 0.1) is 23.6 Å². The third-order valence-electron chi connectivity index (χ3n) is 5.08. The zero-order chi connectivity index (χ0) is 18.1. The van der Waals surface area contributed by atoms with Gasteiger partial charge in [0.15, 0.2) is 5.17 Å². The molecule has 1 aromatic carbocycles. The molecular formula is C20H19FN4S. The van der Waals surface area contributed by atoms with Gasteiger partial charge in [0, 0.05) is 16.9 Å². The van der Waals surface area contributed by atoms with Crippen molar-refractivity contribution in [3.05, 3.63) is 59.2 Å². The predicted octanol–water partition coefficient (Wildman–Crippen LogP) is 3.26. The molecule has 4 nitrogen and oxygen atoms in total. The highest BCUT2D eigenvalue weighted by Gasteiger charge is 2.47. The molecule has 4 N–H and O–H groups in total. The topological polar surface area (TPSA) is 77.3 Å². The average Bonchev–Trinajstić information content (AvgIpc) is 3.06. The second kappa shape index (κ2) is 6.65. The molecule has 0 amide bonds. The summed E-state index contributed by atoms with van der Waals surface area (Å²) in [6.07, 6.45) is 4.48. The first kappa shape index (κ1) is 16.9. The summed E-state index contributed by atoms with van der Waals surface area (Å²) >= 11 is 1.57. The second-order valence-electron chi connectivity index (χ2n) is 6.70. The number of aliphatic imine (C=N–C) groups is 1. The van der Waals surface area contributed by atoms with Gasteiger partial charge in [0.2, 0.25) is 0 Å². The number of hydrogen-bond donors (Lipinski definition) is 2. The molecule has 0 bridgehead atoms. The zero-order valence-corrected chi connectivity index (χ0v) is 15.0. The van der Waals surface area contributed by atoms with Crippen molar-refractivity contribution in [2.75, 3.05) is 11.5 Å². The van der Waals surface area contributed by atoms with Gasteiger partial charge in [-0.25, -0.2) is 9.37 Å². The fraction of sp³-hybridized carbons (Fsp3) is 0.300. The predicted molar refractivity (Wildman–Crippen MR) is 104 cm³/mol. The number of nitrogens with two attached hydrogens (primary N) is 2. The van der Waals surface area contributed by atoms with Crippen molar-refractivity contribution in [3.8, 4) is 11.8 Å². The van der Waals surface area contributed by atoms with Crippen LogP contribution in [0.2, 0.25) is 0 Å². The van der Waals surface area contributed by atoms with Crippen molar-refractivity contribution in [3.63, 3.8) is 0 Å². The molecule has 26 heavy (non-hydrogen) atoms. The van der Waals surface area contributed by atoms with Gasteiger partial charge in [0.1, 0.15) is 11.5 Å². The summed E-state index contributed by atoms with van der Waals surface area (Å²) in [6, 6.07) is 8.51. The highest BCUT2D eigenvalue weighted by molar-refractivity contribution is 8.13. The molecule has 0 radical (unpaired) electrons. The van der Waals surface area contributed by atoms with Gasteiger partial charge in [-0.1, -0.05) is 24.1 Å². The van der Waals surface area contributed by atoms with E-state index in [4.69, 9.17) is 16.5 Å². The summed E-state index contributed by atoms with van der Waals surface area (Å²) in [4.78, 5) is 8.89. The maximum absolute atomic E-state index is 14.7. The Morgan fingerprint density at radius 1 is 1.19 bits per heavy atom. The van der Waals surface area contributed by atoms with E-state index in [1.165, 1.54) is 6.07 Å². The molecule has 132 valence electrons. The molecule has 2 aliphatic rings. The van der Waals surface area contributed by atoms with Crippen LogP contribution in [-0.2, 0) is 5.54 Å². The fourth-order valence-corrected chi connectivity index (χ4v) is 4.85. The van der Waals surface area contributed by atoms with E-state index in [1.807, 2.05) is 6.07 Å². The van der Waals surface area contributed by atoms with Crippen LogP contribution in [0.3, 0.4) is 0 Å². The first-order valence-electron chi connectivity index (χ1n) is 8.58. The van der Waals surface area contributed by atoms with Crippen LogP contribution in [-0.4, -0.2) is 15.9 Å². The second-order valence-corrected chi connectivity index (χ2v) is 7.74. The van der Waals surface area contributed by atoms with Crippen LogP contribution in [0.4, 0.5) is 10.1 Å². The number of rotatable bonds is 1. The van der Waals surface area contributed by atoms with Gasteiger partial charge in [0.05, 0.1) is 17.4 Å². The van der Waals surface area contributed by atoms with Gasteiger partial charge in [-0.2, -0.15) is 0 Å². The monoisotopic (exact) mass is 366 g/mol. The van der Waals surface area contributed by atoms with Crippen molar-refractivity contribution in [2.45, 2.75) is 24.8 Å². The fourth-order valence-electron chi connectivity index (χ4n) is 3.81. The number of hydrogen-bond acceptors (Lipinski definition) is 5. The zero-order valence-electron chi connectivity index (χ0n) is 14.2. The Morgan fingerprint density at radius 2 is 2.08 bits per heavy atom. The summed E-state index contributed by atoms with van der Waals surface area (Å²) < 4.78 is 14.7. The molecule has 1 aliphatic carbocycles. The molecule has 0 spiro atoms. The van der Waals surface area contributed by atoms with E-state index in [0.717, 1.165) is 30.6 Å². The number of pyridine rings is 1. The molecule has 1 fully saturated rings. The van der Waals surface area contributed by atoms with E-state index in [0.29, 0.717) is 28.0 Å². The van der Waals surface area contributed by atoms with Gasteiger partial charge in [-0.15, -0.1) is 0 Å². The number of amidine groups is 1. The number of benzene rings is 1. The van der Waals surface area contributed by atoms with Crippen molar-refractivity contribution >= 4 is 22.6 Å². The molecule has 2 aromatic rings. The van der Waals surface area contributed by atoms with Crippen LogP contribution < -0.4 is 11.5 Å². The number of nitrogens with zero attached hydrogens (tertiary/aromatic N) is 2. The number of nitrogen functional groups attached to an aromatic ring is 1. The minimum Gasteiger partial charge on any atom is -0.397 e. The number of thioether (sulfide) groups is 1. The molecule has 1 unspecified atom stereocenters. The third kappa shape index (κ3) is 3.04. The SMILES string of the molecule is NC1=N[C@@]2(c3cc(C#Cc4ccc(N)cn4)ccc3F)CCCC2CS1. The lowest BCUT2D eigenvalue weighted by molar-refractivity contribution is 0.341. The molecule has 1 saturated carbocycles. The molecule has 6 heteroatoms. The standard InChI is InChI=1S/C20H19FN4S/c21-18-8-4-13(3-6-16-7-5-15(22)11-24-16)10-17(18)20-9-1-2-14(20)12-26-19(23)25-20/h4-5,7-8,10-11,14H,1-2,9,12,22H2,(H2,23,25)/t14?,20-/m0/s1. The smallest absolute Gasteiger partial charge is 0.154 e. The molecule has 2 atom stereocenters. The first-order chi connectivity index (χ1) is 12.6. The van der Waals surface area contributed by atoms with Crippen molar-refractivity contribution in [1.29, 1.82) is 0 Å². The minimum absolute atomic E-state index is 0.239. The van der Waals surface area contributed by atoms with Gasteiger partial charge < -0.3 is 11.5 Å². The van der Waals surface area contributed by atoms with Crippen molar-refractivity contribution < 1.29 is 4.39 Å². The van der Waals surface area contributed by atoms with E-state index < -0.39 is 5.54 Å². The average molecular weight is 366 g/mol. The Kier molecular flexibility index (Phi) is 4.33. The number of anilines is 1. The highest BCUT2D eigenvalue weighted by Crippen LogP contribution is 2.51. The van der Waals surface area contributed by atoms with Crippen LogP contribution in [0.15, 0.2) is 41.5 Å². The number of aromatic nitrogens is 1. The molecule has 2 heterocycles. The van der Waals surface area contributed by atoms with Crippen molar-refractivity contribution in [2.24, 2.45) is 16.6 Å². The molecule has 1 aliphatic heterocycles. The Morgan fingerprint density at radius 3 is 2.88 bits per heavy atom. The number of halogens is 1. The summed E-state index contributed by atoms with van der Waals surface area (Å²) in [5, 5.41) is 0.546. The normalized spacial score (nSPS) is 24.3. The lowest BCUT2D eigenvalue weighted by Gasteiger charge is -2.36. The molecule has 0 saturated heterocycles. The lowest BCUT2D eigenvalue weighted by Crippen LogP contribution is -2.37. The van der Waals surface area contributed by atoms with Crippen LogP contribution in [0.5, 0.6) is 0 Å². The maximum Gasteiger partial charge on any atom is 0.154 e. The third-order valence-corrected chi connectivity index (χ3v) is 6.04. The maximum atomic E-state index is 14.7. The van der Waals surface area contributed by atoms with Gasteiger partial charge in [-0.3, -0.25) is 4.99 Å². The lowest BCUT2D eigenvalue weighted by atomic mass is 9.80. The Bertz CT molecular complexity index is 929. The highest BCUT2D eigenvalue weighted by atomic mass is 32.2. The van der Waals surface area contributed by atoms with Gasteiger partial charge in [0.25, 0.3) is 0 Å². The van der Waals surface area contributed by atoms with Crippen LogP contribution in [0.25, 0.3) is 0 Å². The van der Waals surface area contributed by atoms with Gasteiger partial charge >= 0.3 is 0 Å². The quantitative estimate of drug-likeness (QED) is 0.760. The number of fused-ring (bicyclic) bond motifs is 1. The van der Waals surface area contributed by atoms with E-state index >= 15 is 0 Å². The Balaban J connectivity index is 1.73. The minimum atomic E-state index is -0.545. The first-order valence-corrected chi connectivity index (χ1v) is 9.57. The van der Waals surface area contributed by atoms with Crippen LogP contribution >= 0.6 is 11.8 Å². The van der Waals surface area contributed by atoms with Gasteiger partial charge in [-0.05, 0) is 55.0 Å². The molecule has 1 aromatic heterocycles. The van der Waals surface area contributed by atoms with E-state index in [2.05, 4.69) is 16.8 Å². The summed E-state index contributed by atoms with van der Waals surface area (Å²) in [5.74, 6) is 7.04. The largest absolute Gasteiger partial charge is 0.397 e. The van der Waals surface area contributed by atoms with E-state index in [9.17, 15) is 4.39 Å². The summed E-state index contributed by atoms with van der Waals surface area (Å²) in [7, 11) is 0. The van der Waals surface area contributed by atoms with Crippen molar-refractivity contribution in [1.82, 2.24) is 4.98 Å². The molecule has 4 rings (SSSR count). The summed E-state index contributed by atoms with van der Waals surface area (Å²) in [6.45, 7) is 0. The Hall–Kier alpha value is -2.52. The summed E-state index contributed by atoms with van der Waals surface area (Å²) in [5.41, 5.74) is 13.7.